The van der Waals surface area contributed by atoms with Crippen LogP contribution >= 0.6 is 0 Å². The Bertz CT molecular complexity index is 214. The minimum absolute atomic E-state index is 1.00. The first-order chi connectivity index (χ1) is 5.43. The molecule has 0 bridgehead atoms. The molecule has 1 aromatic rings. The molecule has 58 valence electrons. The molecule has 0 saturated heterocycles. The lowest BCUT2D eigenvalue weighted by atomic mass is 10.2. The number of allylic oxidation sites excluding steroid dienone is 2. The van der Waals surface area contributed by atoms with Crippen LogP contribution in [0.4, 0.5) is 0 Å². The molecular weight excluding hydrogens is 134 g/mol. The number of aromatic nitrogens is 1. The third-order valence-electron chi connectivity index (χ3n) is 1.48. The van der Waals surface area contributed by atoms with E-state index < -0.39 is 0 Å². The first-order valence-corrected chi connectivity index (χ1v) is 3.97. The summed E-state index contributed by atoms with van der Waals surface area (Å²) in [4.78, 5) is 4.03. The topological polar surface area (TPSA) is 12.9 Å². The van der Waals surface area contributed by atoms with Gasteiger partial charge in [0.2, 0.25) is 0 Å². The van der Waals surface area contributed by atoms with Crippen molar-refractivity contribution in [3.8, 4) is 0 Å². The molecule has 0 radical (unpaired) electrons. The lowest BCUT2D eigenvalue weighted by Gasteiger charge is -1.92. The molecule has 0 aliphatic heterocycles. The molecular formula is C10H13N. The standard InChI is InChI=1S/C10H13N/c1-2-3-4-6-10-7-5-8-11-9-10/h3-5,7-9H,2,6H2,1H3/b4-3-. The van der Waals surface area contributed by atoms with Gasteiger partial charge in [-0.05, 0) is 24.5 Å². The second kappa shape index (κ2) is 4.67. The van der Waals surface area contributed by atoms with E-state index in [-0.39, 0.29) is 0 Å². The highest BCUT2D eigenvalue weighted by Gasteiger charge is 1.84. The summed E-state index contributed by atoms with van der Waals surface area (Å²) in [7, 11) is 0. The molecule has 1 nitrogen and oxygen atoms in total. The molecule has 1 rings (SSSR count). The first-order valence-electron chi connectivity index (χ1n) is 3.97. The number of hydrogen-bond donors (Lipinski definition) is 0. The Morgan fingerprint density at radius 2 is 2.36 bits per heavy atom. The summed E-state index contributed by atoms with van der Waals surface area (Å²) in [5, 5.41) is 0. The molecule has 0 amide bonds. The minimum Gasteiger partial charge on any atom is -0.264 e. The Kier molecular flexibility index (Phi) is 3.39. The van der Waals surface area contributed by atoms with Crippen LogP contribution < -0.4 is 0 Å². The van der Waals surface area contributed by atoms with Gasteiger partial charge in [-0.1, -0.05) is 25.1 Å². The van der Waals surface area contributed by atoms with Crippen molar-refractivity contribution in [2.45, 2.75) is 19.8 Å². The lowest BCUT2D eigenvalue weighted by molar-refractivity contribution is 1.15. The maximum absolute atomic E-state index is 4.03. The van der Waals surface area contributed by atoms with E-state index >= 15 is 0 Å². The van der Waals surface area contributed by atoms with Crippen molar-refractivity contribution in [3.63, 3.8) is 0 Å². The summed E-state index contributed by atoms with van der Waals surface area (Å²) in [5.41, 5.74) is 1.28. The molecule has 11 heavy (non-hydrogen) atoms. The Morgan fingerprint density at radius 3 is 3.00 bits per heavy atom. The Hall–Kier alpha value is -1.11. The number of hydrogen-bond acceptors (Lipinski definition) is 1. The van der Waals surface area contributed by atoms with Crippen LogP contribution in [0.3, 0.4) is 0 Å². The molecule has 0 saturated carbocycles. The zero-order valence-electron chi connectivity index (χ0n) is 6.83. The fourth-order valence-electron chi connectivity index (χ4n) is 0.905. The molecule has 0 atom stereocenters. The molecule has 0 aromatic carbocycles. The van der Waals surface area contributed by atoms with Crippen LogP contribution in [0.2, 0.25) is 0 Å². The normalized spacial score (nSPS) is 10.6. The van der Waals surface area contributed by atoms with Crippen molar-refractivity contribution in [2.75, 3.05) is 0 Å². The first kappa shape index (κ1) is 7.99. The molecule has 0 unspecified atom stereocenters. The van der Waals surface area contributed by atoms with E-state index in [1.54, 1.807) is 6.20 Å². The Balaban J connectivity index is 2.45. The molecule has 0 aliphatic carbocycles. The van der Waals surface area contributed by atoms with Gasteiger partial charge in [0.1, 0.15) is 0 Å². The predicted molar refractivity (Wildman–Crippen MR) is 47.4 cm³/mol. The molecule has 0 fully saturated rings. The molecule has 1 aromatic heterocycles. The highest BCUT2D eigenvalue weighted by molar-refractivity contribution is 5.12. The van der Waals surface area contributed by atoms with Crippen molar-refractivity contribution in [1.29, 1.82) is 0 Å². The molecule has 0 spiro atoms. The van der Waals surface area contributed by atoms with E-state index in [1.165, 1.54) is 5.56 Å². The maximum Gasteiger partial charge on any atom is 0.0303 e. The van der Waals surface area contributed by atoms with E-state index in [9.17, 15) is 0 Å². The van der Waals surface area contributed by atoms with Gasteiger partial charge >= 0.3 is 0 Å². The van der Waals surface area contributed by atoms with Crippen LogP contribution in [-0.4, -0.2) is 4.98 Å². The van der Waals surface area contributed by atoms with Crippen LogP contribution in [0.15, 0.2) is 36.7 Å². The van der Waals surface area contributed by atoms with Crippen LogP contribution in [0.1, 0.15) is 18.9 Å². The summed E-state index contributed by atoms with van der Waals surface area (Å²) >= 11 is 0. The van der Waals surface area contributed by atoms with Crippen LogP contribution in [0, 0.1) is 0 Å². The third-order valence-corrected chi connectivity index (χ3v) is 1.48. The van der Waals surface area contributed by atoms with Crippen LogP contribution in [0.25, 0.3) is 0 Å². The monoisotopic (exact) mass is 147 g/mol. The second-order valence-corrected chi connectivity index (χ2v) is 2.45. The van der Waals surface area contributed by atoms with Gasteiger partial charge in [-0.2, -0.15) is 0 Å². The van der Waals surface area contributed by atoms with Gasteiger partial charge in [0.05, 0.1) is 0 Å². The molecule has 1 heterocycles. The van der Waals surface area contributed by atoms with E-state index in [1.807, 2.05) is 12.3 Å². The highest BCUT2D eigenvalue weighted by atomic mass is 14.6. The Labute approximate surface area is 67.8 Å². The van der Waals surface area contributed by atoms with E-state index in [2.05, 4.69) is 30.1 Å². The SMILES string of the molecule is CC/C=C\Cc1cccnc1. The Morgan fingerprint density at radius 1 is 1.45 bits per heavy atom. The van der Waals surface area contributed by atoms with Crippen molar-refractivity contribution < 1.29 is 0 Å². The van der Waals surface area contributed by atoms with Gasteiger partial charge in [0, 0.05) is 12.4 Å². The second-order valence-electron chi connectivity index (χ2n) is 2.45. The van der Waals surface area contributed by atoms with Gasteiger partial charge in [-0.15, -0.1) is 0 Å². The number of nitrogens with zero attached hydrogens (tertiary/aromatic N) is 1. The van der Waals surface area contributed by atoms with Crippen LogP contribution in [-0.2, 0) is 6.42 Å². The average molecular weight is 147 g/mol. The van der Waals surface area contributed by atoms with Gasteiger partial charge in [0.25, 0.3) is 0 Å². The quantitative estimate of drug-likeness (QED) is 0.599. The minimum atomic E-state index is 1.00. The maximum atomic E-state index is 4.03. The zero-order valence-corrected chi connectivity index (χ0v) is 6.83. The van der Waals surface area contributed by atoms with Crippen molar-refractivity contribution in [3.05, 3.63) is 42.2 Å². The van der Waals surface area contributed by atoms with Gasteiger partial charge in [-0.25, -0.2) is 0 Å². The molecule has 0 aliphatic rings. The summed E-state index contributed by atoms with van der Waals surface area (Å²) in [5.74, 6) is 0. The summed E-state index contributed by atoms with van der Waals surface area (Å²) in [6.07, 6.45) is 10.2. The molecule has 1 heteroatoms. The smallest absolute Gasteiger partial charge is 0.0303 e. The van der Waals surface area contributed by atoms with Gasteiger partial charge in [-0.3, -0.25) is 4.98 Å². The van der Waals surface area contributed by atoms with Crippen molar-refractivity contribution in [1.82, 2.24) is 4.98 Å². The largest absolute Gasteiger partial charge is 0.264 e. The third kappa shape index (κ3) is 2.99. The lowest BCUT2D eigenvalue weighted by Crippen LogP contribution is -1.80. The summed E-state index contributed by atoms with van der Waals surface area (Å²) < 4.78 is 0. The fraction of sp³-hybridized carbons (Fsp3) is 0.300. The van der Waals surface area contributed by atoms with E-state index in [0.717, 1.165) is 12.8 Å². The predicted octanol–water partition coefficient (Wildman–Crippen LogP) is 2.59. The number of pyridine rings is 1. The van der Waals surface area contributed by atoms with E-state index in [0.29, 0.717) is 0 Å². The zero-order chi connectivity index (χ0) is 7.94. The van der Waals surface area contributed by atoms with Crippen LogP contribution in [0.5, 0.6) is 0 Å². The van der Waals surface area contributed by atoms with Crippen molar-refractivity contribution in [2.24, 2.45) is 0 Å². The molecule has 0 N–H and O–H groups in total. The number of rotatable bonds is 3. The summed E-state index contributed by atoms with van der Waals surface area (Å²) in [6.45, 7) is 2.14. The highest BCUT2D eigenvalue weighted by Crippen LogP contribution is 1.97. The summed E-state index contributed by atoms with van der Waals surface area (Å²) in [6, 6.07) is 4.06. The van der Waals surface area contributed by atoms with E-state index in [4.69, 9.17) is 0 Å². The fourth-order valence-corrected chi connectivity index (χ4v) is 0.905. The van der Waals surface area contributed by atoms with Gasteiger partial charge in [0.15, 0.2) is 0 Å². The van der Waals surface area contributed by atoms with Crippen molar-refractivity contribution >= 4 is 0 Å². The average Bonchev–Trinajstić information content (AvgIpc) is 2.07. The van der Waals surface area contributed by atoms with Gasteiger partial charge < -0.3 is 0 Å².